The summed E-state index contributed by atoms with van der Waals surface area (Å²) < 4.78 is 28.7. The highest BCUT2D eigenvalue weighted by Gasteiger charge is 2.19. The maximum Gasteiger partial charge on any atom is 0.315 e. The van der Waals surface area contributed by atoms with E-state index in [1.54, 1.807) is 12.1 Å². The van der Waals surface area contributed by atoms with Crippen LogP contribution in [0.3, 0.4) is 0 Å². The van der Waals surface area contributed by atoms with Gasteiger partial charge in [0.05, 0.1) is 10.9 Å². The molecule has 33 heavy (non-hydrogen) atoms. The van der Waals surface area contributed by atoms with Gasteiger partial charge < -0.3 is 10.6 Å². The number of amides is 2. The maximum atomic E-state index is 12.5. The van der Waals surface area contributed by atoms with Crippen LogP contribution in [0.2, 0.25) is 5.02 Å². The fourth-order valence-electron chi connectivity index (χ4n) is 3.15. The number of rotatable bonds is 9. The molecule has 0 bridgehead atoms. The van der Waals surface area contributed by atoms with Gasteiger partial charge in [0.15, 0.2) is 0 Å². The van der Waals surface area contributed by atoms with Gasteiger partial charge in [-0.2, -0.15) is 0 Å². The molecule has 3 aromatic rings. The molecule has 0 spiro atoms. The van der Waals surface area contributed by atoms with Crippen LogP contribution in [-0.2, 0) is 16.4 Å². The highest BCUT2D eigenvalue weighted by Crippen LogP contribution is 2.25. The number of nitrogens with one attached hydrogen (secondary N) is 3. The summed E-state index contributed by atoms with van der Waals surface area (Å²) in [6.07, 6.45) is 0.515. The van der Waals surface area contributed by atoms with E-state index >= 15 is 0 Å². The highest BCUT2D eigenvalue weighted by molar-refractivity contribution is 9.11. The van der Waals surface area contributed by atoms with Crippen molar-refractivity contribution >= 4 is 59.5 Å². The van der Waals surface area contributed by atoms with Crippen molar-refractivity contribution in [3.8, 4) is 0 Å². The monoisotopic (exact) mass is 613 g/mol. The Morgan fingerprint density at radius 2 is 1.64 bits per heavy atom. The lowest BCUT2D eigenvalue weighted by molar-refractivity contribution is 0.237. The first kappa shape index (κ1) is 25.7. The molecule has 174 valence electrons. The van der Waals surface area contributed by atoms with Gasteiger partial charge in [-0.05, 0) is 57.7 Å². The lowest BCUT2D eigenvalue weighted by Crippen LogP contribution is -2.42. The van der Waals surface area contributed by atoms with Crippen LogP contribution in [0.4, 0.5) is 4.79 Å². The number of sulfonamides is 1. The van der Waals surface area contributed by atoms with E-state index in [1.165, 1.54) is 6.07 Å². The van der Waals surface area contributed by atoms with Crippen molar-refractivity contribution in [2.75, 3.05) is 13.1 Å². The summed E-state index contributed by atoms with van der Waals surface area (Å²) in [7, 11) is -3.74. The molecular formula is C23H22Br2ClN3O3S. The van der Waals surface area contributed by atoms with Crippen LogP contribution in [0.15, 0.2) is 86.6 Å². The summed E-state index contributed by atoms with van der Waals surface area (Å²) in [6.45, 7) is 0.152. The molecule has 0 saturated carbocycles. The zero-order valence-electron chi connectivity index (χ0n) is 17.4. The number of hydrogen-bond donors (Lipinski definition) is 3. The number of hydrogen-bond acceptors (Lipinski definition) is 3. The molecule has 0 radical (unpaired) electrons. The second kappa shape index (κ2) is 12.0. The summed E-state index contributed by atoms with van der Waals surface area (Å²) in [5.74, 6) is 0. The number of carbonyl (C=O) groups is 1. The Morgan fingerprint density at radius 1 is 0.939 bits per heavy atom. The van der Waals surface area contributed by atoms with Crippen molar-refractivity contribution in [1.29, 1.82) is 0 Å². The van der Waals surface area contributed by atoms with Crippen LogP contribution >= 0.6 is 43.5 Å². The number of halogens is 3. The van der Waals surface area contributed by atoms with Gasteiger partial charge in [0.25, 0.3) is 0 Å². The van der Waals surface area contributed by atoms with Gasteiger partial charge >= 0.3 is 6.03 Å². The van der Waals surface area contributed by atoms with Gasteiger partial charge in [0, 0.05) is 27.1 Å². The van der Waals surface area contributed by atoms with E-state index in [1.807, 2.05) is 54.6 Å². The topological polar surface area (TPSA) is 87.3 Å². The van der Waals surface area contributed by atoms with Gasteiger partial charge in [0.1, 0.15) is 0 Å². The molecule has 0 aromatic heterocycles. The Kier molecular flexibility index (Phi) is 9.34. The predicted octanol–water partition coefficient (Wildman–Crippen LogP) is 5.43. The predicted molar refractivity (Wildman–Crippen MR) is 138 cm³/mol. The van der Waals surface area contributed by atoms with Crippen LogP contribution in [-0.4, -0.2) is 27.5 Å². The quantitative estimate of drug-likeness (QED) is 0.281. The molecule has 0 aliphatic heterocycles. The zero-order valence-corrected chi connectivity index (χ0v) is 22.1. The Bertz CT molecular complexity index is 1210. The molecule has 6 nitrogen and oxygen atoms in total. The third-order valence-corrected chi connectivity index (χ3v) is 8.09. The van der Waals surface area contributed by atoms with E-state index in [4.69, 9.17) is 11.6 Å². The first-order valence-corrected chi connectivity index (χ1v) is 13.5. The fraction of sp³-hybridized carbons (Fsp3) is 0.174. The van der Waals surface area contributed by atoms with Crippen molar-refractivity contribution < 1.29 is 13.2 Å². The summed E-state index contributed by atoms with van der Waals surface area (Å²) in [6, 6.07) is 21.3. The van der Waals surface area contributed by atoms with Crippen molar-refractivity contribution in [3.05, 3.63) is 97.9 Å². The average Bonchev–Trinajstić information content (AvgIpc) is 2.80. The van der Waals surface area contributed by atoms with Gasteiger partial charge in [-0.1, -0.05) is 76.1 Å². The SMILES string of the molecule is O=C(NCCNS(=O)(=O)c1cc(Br)ccc1Br)NC(Cc1ccccc1Cl)c1ccccc1. The second-order valence-corrected chi connectivity index (χ2v) is 11.0. The molecule has 2 amide bonds. The minimum atomic E-state index is -3.74. The van der Waals surface area contributed by atoms with E-state index < -0.39 is 16.1 Å². The molecule has 0 aliphatic rings. The molecule has 0 aliphatic carbocycles. The van der Waals surface area contributed by atoms with Gasteiger partial charge in [-0.25, -0.2) is 17.9 Å². The smallest absolute Gasteiger partial charge is 0.315 e. The van der Waals surface area contributed by atoms with Crippen LogP contribution in [0.1, 0.15) is 17.2 Å². The van der Waals surface area contributed by atoms with E-state index in [0.717, 1.165) is 11.1 Å². The van der Waals surface area contributed by atoms with Crippen molar-refractivity contribution in [2.24, 2.45) is 0 Å². The molecular weight excluding hydrogens is 594 g/mol. The summed E-state index contributed by atoms with van der Waals surface area (Å²) >= 11 is 12.8. The highest BCUT2D eigenvalue weighted by atomic mass is 79.9. The molecule has 1 atom stereocenters. The summed E-state index contributed by atoms with van der Waals surface area (Å²) in [4.78, 5) is 12.7. The molecule has 3 aromatic carbocycles. The first-order valence-electron chi connectivity index (χ1n) is 10.0. The van der Waals surface area contributed by atoms with E-state index in [9.17, 15) is 13.2 Å². The van der Waals surface area contributed by atoms with Crippen molar-refractivity contribution in [3.63, 3.8) is 0 Å². The molecule has 10 heteroatoms. The fourth-order valence-corrected chi connectivity index (χ4v) is 5.90. The first-order chi connectivity index (χ1) is 15.8. The van der Waals surface area contributed by atoms with Gasteiger partial charge in [-0.3, -0.25) is 0 Å². The van der Waals surface area contributed by atoms with Gasteiger partial charge in [-0.15, -0.1) is 0 Å². The summed E-state index contributed by atoms with van der Waals surface area (Å²) in [5.41, 5.74) is 1.86. The molecule has 0 heterocycles. The number of urea groups is 1. The van der Waals surface area contributed by atoms with Crippen LogP contribution in [0.25, 0.3) is 0 Å². The minimum absolute atomic E-state index is 0.0369. The molecule has 3 N–H and O–H groups in total. The molecule has 1 unspecified atom stereocenters. The number of benzene rings is 3. The van der Waals surface area contributed by atoms with Crippen molar-refractivity contribution in [1.82, 2.24) is 15.4 Å². The Morgan fingerprint density at radius 3 is 2.36 bits per heavy atom. The molecule has 0 saturated heterocycles. The third kappa shape index (κ3) is 7.55. The lowest BCUT2D eigenvalue weighted by atomic mass is 9.99. The van der Waals surface area contributed by atoms with E-state index in [0.29, 0.717) is 20.4 Å². The molecule has 0 fully saturated rings. The Labute approximate surface area is 215 Å². The Balaban J connectivity index is 1.58. The summed E-state index contributed by atoms with van der Waals surface area (Å²) in [5, 5.41) is 6.29. The maximum absolute atomic E-state index is 12.5. The van der Waals surface area contributed by atoms with Crippen LogP contribution < -0.4 is 15.4 Å². The van der Waals surface area contributed by atoms with Gasteiger partial charge in [0.2, 0.25) is 10.0 Å². The van der Waals surface area contributed by atoms with Crippen LogP contribution in [0.5, 0.6) is 0 Å². The zero-order chi connectivity index (χ0) is 23.8. The van der Waals surface area contributed by atoms with E-state index in [2.05, 4.69) is 47.2 Å². The standard InChI is InChI=1S/C23H22Br2ClN3O3S/c24-18-10-11-19(25)22(15-18)33(31,32)28-13-12-27-23(30)29-21(16-6-2-1-3-7-16)14-17-8-4-5-9-20(17)26/h1-11,15,21,28H,12-14H2,(H2,27,29,30). The molecule has 3 rings (SSSR count). The van der Waals surface area contributed by atoms with E-state index in [-0.39, 0.29) is 24.0 Å². The normalized spacial score (nSPS) is 12.2. The third-order valence-electron chi connectivity index (χ3n) is 4.77. The average molecular weight is 616 g/mol. The van der Waals surface area contributed by atoms with Crippen LogP contribution in [0, 0.1) is 0 Å². The second-order valence-electron chi connectivity index (χ2n) is 7.13. The Hall–Kier alpha value is -1.91. The lowest BCUT2D eigenvalue weighted by Gasteiger charge is -2.20. The largest absolute Gasteiger partial charge is 0.337 e. The number of carbonyl (C=O) groups excluding carboxylic acids is 1. The van der Waals surface area contributed by atoms with Crippen molar-refractivity contribution in [2.45, 2.75) is 17.4 Å². The minimum Gasteiger partial charge on any atom is -0.337 e.